The summed E-state index contributed by atoms with van der Waals surface area (Å²) in [6, 6.07) is 5.06. The number of rotatable bonds is 2. The van der Waals surface area contributed by atoms with Gasteiger partial charge in [-0.15, -0.1) is 0 Å². The molecule has 14 heavy (non-hydrogen) atoms. The highest BCUT2D eigenvalue weighted by Gasteiger charge is 1.99. The molecule has 0 saturated heterocycles. The molecule has 3 nitrogen and oxygen atoms in total. The SMILES string of the molecule is CC(C)=CC(=O)Nc1cccc(Cl)n1. The number of allylic oxidation sites excluding steroid dienone is 1. The Morgan fingerprint density at radius 3 is 2.79 bits per heavy atom. The summed E-state index contributed by atoms with van der Waals surface area (Å²) < 4.78 is 0. The fraction of sp³-hybridized carbons (Fsp3) is 0.200. The van der Waals surface area contributed by atoms with Gasteiger partial charge in [0.2, 0.25) is 5.91 Å². The molecule has 0 radical (unpaired) electrons. The van der Waals surface area contributed by atoms with Crippen molar-refractivity contribution in [2.75, 3.05) is 5.32 Å². The van der Waals surface area contributed by atoms with E-state index < -0.39 is 0 Å². The van der Waals surface area contributed by atoms with E-state index in [1.807, 2.05) is 13.8 Å². The van der Waals surface area contributed by atoms with E-state index in [2.05, 4.69) is 10.3 Å². The van der Waals surface area contributed by atoms with Crippen LogP contribution in [-0.2, 0) is 4.79 Å². The molecule has 0 fully saturated rings. The number of nitrogens with zero attached hydrogens (tertiary/aromatic N) is 1. The molecule has 1 N–H and O–H groups in total. The molecular weight excluding hydrogens is 200 g/mol. The van der Waals surface area contributed by atoms with Crippen molar-refractivity contribution in [3.8, 4) is 0 Å². The van der Waals surface area contributed by atoms with Gasteiger partial charge in [-0.25, -0.2) is 4.98 Å². The van der Waals surface area contributed by atoms with Crippen molar-refractivity contribution in [1.82, 2.24) is 4.98 Å². The molecule has 0 unspecified atom stereocenters. The lowest BCUT2D eigenvalue weighted by atomic mass is 10.3. The Morgan fingerprint density at radius 2 is 2.21 bits per heavy atom. The molecule has 4 heteroatoms. The van der Waals surface area contributed by atoms with Crippen LogP contribution in [0, 0.1) is 0 Å². The van der Waals surface area contributed by atoms with Crippen LogP contribution < -0.4 is 5.32 Å². The summed E-state index contributed by atoms with van der Waals surface area (Å²) in [5, 5.41) is 2.96. The maximum Gasteiger partial charge on any atom is 0.249 e. The fourth-order valence-electron chi connectivity index (χ4n) is 0.902. The standard InChI is InChI=1S/C10H11ClN2O/c1-7(2)6-10(14)13-9-5-3-4-8(11)12-9/h3-6H,1-2H3,(H,12,13,14). The molecule has 0 aromatic carbocycles. The van der Waals surface area contributed by atoms with Crippen molar-refractivity contribution in [3.63, 3.8) is 0 Å². The molecule has 0 spiro atoms. The average Bonchev–Trinajstić information content (AvgIpc) is 2.01. The average molecular weight is 211 g/mol. The van der Waals surface area contributed by atoms with E-state index in [0.717, 1.165) is 5.57 Å². The molecule has 1 amide bonds. The molecule has 0 aliphatic rings. The molecule has 1 aromatic rings. The van der Waals surface area contributed by atoms with Crippen molar-refractivity contribution >= 4 is 23.3 Å². The van der Waals surface area contributed by atoms with Gasteiger partial charge >= 0.3 is 0 Å². The third kappa shape index (κ3) is 3.58. The van der Waals surface area contributed by atoms with Crippen LogP contribution in [0.5, 0.6) is 0 Å². The van der Waals surface area contributed by atoms with Gasteiger partial charge in [-0.1, -0.05) is 23.2 Å². The highest BCUT2D eigenvalue weighted by Crippen LogP contribution is 2.09. The first-order valence-electron chi connectivity index (χ1n) is 4.16. The number of carbonyl (C=O) groups is 1. The zero-order valence-electron chi connectivity index (χ0n) is 8.04. The number of aromatic nitrogens is 1. The first-order chi connectivity index (χ1) is 6.58. The van der Waals surface area contributed by atoms with Gasteiger partial charge in [0.05, 0.1) is 0 Å². The predicted octanol–water partition coefficient (Wildman–Crippen LogP) is 2.64. The molecule has 1 heterocycles. The van der Waals surface area contributed by atoms with Crippen molar-refractivity contribution in [2.45, 2.75) is 13.8 Å². The summed E-state index contributed by atoms with van der Waals surface area (Å²) in [6.45, 7) is 3.70. The minimum Gasteiger partial charge on any atom is -0.307 e. The molecule has 0 aliphatic heterocycles. The van der Waals surface area contributed by atoms with Gasteiger partial charge in [0, 0.05) is 6.08 Å². The van der Waals surface area contributed by atoms with Crippen LogP contribution in [0.25, 0.3) is 0 Å². The van der Waals surface area contributed by atoms with E-state index in [1.54, 1.807) is 18.2 Å². The summed E-state index contributed by atoms with van der Waals surface area (Å²) in [5.74, 6) is 0.264. The molecule has 0 bridgehead atoms. The second-order valence-corrected chi connectivity index (χ2v) is 3.44. The van der Waals surface area contributed by atoms with Gasteiger partial charge in [0.1, 0.15) is 11.0 Å². The molecule has 1 aromatic heterocycles. The van der Waals surface area contributed by atoms with Crippen molar-refractivity contribution in [2.24, 2.45) is 0 Å². The summed E-state index contributed by atoms with van der Waals surface area (Å²) >= 11 is 5.66. The van der Waals surface area contributed by atoms with Gasteiger partial charge in [-0.2, -0.15) is 0 Å². The summed E-state index contributed by atoms with van der Waals surface area (Å²) in [7, 11) is 0. The Labute approximate surface area is 87.8 Å². The molecule has 0 aliphatic carbocycles. The number of nitrogens with one attached hydrogen (secondary N) is 1. The molecule has 1 rings (SSSR count). The lowest BCUT2D eigenvalue weighted by Crippen LogP contribution is -2.09. The summed E-state index contributed by atoms with van der Waals surface area (Å²) in [6.07, 6.45) is 1.50. The van der Waals surface area contributed by atoms with Crippen LogP contribution in [-0.4, -0.2) is 10.9 Å². The zero-order valence-corrected chi connectivity index (χ0v) is 8.80. The molecule has 0 saturated carbocycles. The van der Waals surface area contributed by atoms with Gasteiger partial charge in [-0.05, 0) is 26.0 Å². The predicted molar refractivity (Wildman–Crippen MR) is 57.3 cm³/mol. The van der Waals surface area contributed by atoms with Crippen molar-refractivity contribution < 1.29 is 4.79 Å². The first kappa shape index (κ1) is 10.7. The van der Waals surface area contributed by atoms with Gasteiger partial charge < -0.3 is 5.32 Å². The largest absolute Gasteiger partial charge is 0.307 e. The monoisotopic (exact) mass is 210 g/mol. The smallest absolute Gasteiger partial charge is 0.249 e. The highest BCUT2D eigenvalue weighted by atomic mass is 35.5. The molecule has 74 valence electrons. The quantitative estimate of drug-likeness (QED) is 0.602. The second-order valence-electron chi connectivity index (χ2n) is 3.06. The topological polar surface area (TPSA) is 42.0 Å². The number of hydrogen-bond acceptors (Lipinski definition) is 2. The lowest BCUT2D eigenvalue weighted by Gasteiger charge is -2.00. The van der Waals surface area contributed by atoms with Crippen molar-refractivity contribution in [3.05, 3.63) is 35.0 Å². The Balaban J connectivity index is 2.70. The van der Waals surface area contributed by atoms with Crippen LogP contribution in [0.15, 0.2) is 29.8 Å². The van der Waals surface area contributed by atoms with Crippen LogP contribution in [0.2, 0.25) is 5.15 Å². The molecular formula is C10H11ClN2O. The van der Waals surface area contributed by atoms with Crippen LogP contribution >= 0.6 is 11.6 Å². The van der Waals surface area contributed by atoms with Crippen molar-refractivity contribution in [1.29, 1.82) is 0 Å². The third-order valence-electron chi connectivity index (χ3n) is 1.39. The van der Waals surface area contributed by atoms with Gasteiger partial charge in [-0.3, -0.25) is 4.79 Å². The summed E-state index contributed by atoms with van der Waals surface area (Å²) in [5.41, 5.74) is 0.935. The first-order valence-corrected chi connectivity index (χ1v) is 4.54. The Bertz CT molecular complexity index is 370. The van der Waals surface area contributed by atoms with Crippen LogP contribution in [0.4, 0.5) is 5.82 Å². The third-order valence-corrected chi connectivity index (χ3v) is 1.60. The van der Waals surface area contributed by atoms with E-state index in [0.29, 0.717) is 11.0 Å². The van der Waals surface area contributed by atoms with E-state index >= 15 is 0 Å². The van der Waals surface area contributed by atoms with E-state index in [4.69, 9.17) is 11.6 Å². The number of halogens is 1. The minimum atomic E-state index is -0.195. The Hall–Kier alpha value is -1.35. The second kappa shape index (κ2) is 4.77. The maximum absolute atomic E-state index is 11.3. The van der Waals surface area contributed by atoms with E-state index in [1.165, 1.54) is 6.08 Å². The number of amides is 1. The Morgan fingerprint density at radius 1 is 1.50 bits per heavy atom. The zero-order chi connectivity index (χ0) is 10.6. The number of carbonyl (C=O) groups excluding carboxylic acids is 1. The highest BCUT2D eigenvalue weighted by molar-refractivity contribution is 6.29. The number of hydrogen-bond donors (Lipinski definition) is 1. The minimum absolute atomic E-state index is 0.195. The van der Waals surface area contributed by atoms with Crippen LogP contribution in [0.1, 0.15) is 13.8 Å². The van der Waals surface area contributed by atoms with Crippen LogP contribution in [0.3, 0.4) is 0 Å². The number of anilines is 1. The normalized spacial score (nSPS) is 9.36. The lowest BCUT2D eigenvalue weighted by molar-refractivity contribution is -0.112. The van der Waals surface area contributed by atoms with E-state index in [9.17, 15) is 4.79 Å². The summed E-state index contributed by atoms with van der Waals surface area (Å²) in [4.78, 5) is 15.2. The van der Waals surface area contributed by atoms with E-state index in [-0.39, 0.29) is 5.91 Å². The van der Waals surface area contributed by atoms with Gasteiger partial charge in [0.15, 0.2) is 0 Å². The number of pyridine rings is 1. The fourth-order valence-corrected chi connectivity index (χ4v) is 1.07. The Kier molecular flexibility index (Phi) is 3.65. The maximum atomic E-state index is 11.3. The molecule has 0 atom stereocenters. The van der Waals surface area contributed by atoms with Gasteiger partial charge in [0.25, 0.3) is 0 Å².